The molecule has 0 fully saturated rings. The Bertz CT molecular complexity index is 1380. The highest BCUT2D eigenvalue weighted by Gasteiger charge is 2.16. The molecule has 36 heavy (non-hydrogen) atoms. The van der Waals surface area contributed by atoms with Gasteiger partial charge < -0.3 is 14.8 Å². The molecule has 1 aromatic heterocycles. The Labute approximate surface area is 208 Å². The van der Waals surface area contributed by atoms with Gasteiger partial charge in [-0.05, 0) is 48.2 Å². The second-order valence-corrected chi connectivity index (χ2v) is 8.53. The van der Waals surface area contributed by atoms with E-state index in [-0.39, 0.29) is 29.5 Å². The van der Waals surface area contributed by atoms with E-state index in [4.69, 9.17) is 9.47 Å². The average Bonchev–Trinajstić information content (AvgIpc) is 3.34. The molecule has 0 unspecified atom stereocenters. The van der Waals surface area contributed by atoms with Gasteiger partial charge in [0.2, 0.25) is 0 Å². The highest BCUT2D eigenvalue weighted by molar-refractivity contribution is 6.03. The topological polar surface area (TPSA) is 109 Å². The third-order valence-corrected chi connectivity index (χ3v) is 5.46. The summed E-state index contributed by atoms with van der Waals surface area (Å²) in [6.45, 7) is 6.24. The van der Waals surface area contributed by atoms with Crippen molar-refractivity contribution in [2.24, 2.45) is 0 Å². The molecule has 184 valence electrons. The summed E-state index contributed by atoms with van der Waals surface area (Å²) in [5.74, 6) is 1.41. The summed E-state index contributed by atoms with van der Waals surface area (Å²) < 4.78 is 13.1. The maximum atomic E-state index is 12.8. The number of ether oxygens (including phenoxy) is 2. The van der Waals surface area contributed by atoms with E-state index in [1.165, 1.54) is 28.4 Å². The summed E-state index contributed by atoms with van der Waals surface area (Å²) in [5, 5.41) is 18.3. The number of carbonyl (C=O) groups is 1. The number of nitrogens with one attached hydrogen (secondary N) is 1. The van der Waals surface area contributed by atoms with Crippen LogP contribution in [0.3, 0.4) is 0 Å². The molecule has 0 spiro atoms. The fraction of sp³-hybridized carbons (Fsp3) is 0.185. The monoisotopic (exact) mass is 486 g/mol. The number of nitro groups is 1. The second-order valence-electron chi connectivity index (χ2n) is 8.53. The molecule has 0 bridgehead atoms. The number of aromatic nitrogens is 2. The maximum Gasteiger partial charge on any atom is 0.276 e. The van der Waals surface area contributed by atoms with Gasteiger partial charge in [0.05, 0.1) is 16.7 Å². The molecule has 0 aliphatic rings. The van der Waals surface area contributed by atoms with Gasteiger partial charge in [0.1, 0.15) is 17.2 Å². The van der Waals surface area contributed by atoms with Crippen molar-refractivity contribution in [3.8, 4) is 17.2 Å². The Morgan fingerprint density at radius 2 is 1.81 bits per heavy atom. The van der Waals surface area contributed by atoms with Gasteiger partial charge in [0, 0.05) is 18.3 Å². The summed E-state index contributed by atoms with van der Waals surface area (Å²) in [6.07, 6.45) is 1.62. The molecule has 4 aromatic rings. The van der Waals surface area contributed by atoms with Gasteiger partial charge in [-0.3, -0.25) is 14.9 Å². The van der Waals surface area contributed by atoms with Gasteiger partial charge in [0.15, 0.2) is 12.4 Å². The first-order valence-electron chi connectivity index (χ1n) is 11.4. The van der Waals surface area contributed by atoms with E-state index >= 15 is 0 Å². The van der Waals surface area contributed by atoms with Gasteiger partial charge in [-0.1, -0.05) is 44.2 Å². The van der Waals surface area contributed by atoms with E-state index < -0.39 is 10.8 Å². The quantitative estimate of drug-likeness (QED) is 0.220. The van der Waals surface area contributed by atoms with Gasteiger partial charge in [-0.25, -0.2) is 4.68 Å². The second kappa shape index (κ2) is 10.7. The minimum absolute atomic E-state index is 0.125. The SMILES string of the molecule is Cc1ccccc1Oc1cc(NC(=O)c2ccn(COc3ccc(C(C)C)cc3)n2)cc([N+](=O)[O-])c1. The zero-order valence-electron chi connectivity index (χ0n) is 20.2. The van der Waals surface area contributed by atoms with Crippen LogP contribution in [0.5, 0.6) is 17.2 Å². The van der Waals surface area contributed by atoms with Crippen molar-refractivity contribution < 1.29 is 19.2 Å². The Balaban J connectivity index is 1.44. The smallest absolute Gasteiger partial charge is 0.276 e. The lowest BCUT2D eigenvalue weighted by atomic mass is 10.0. The molecule has 1 amide bonds. The number of hydrogen-bond acceptors (Lipinski definition) is 6. The molecular weight excluding hydrogens is 460 g/mol. The summed E-state index contributed by atoms with van der Waals surface area (Å²) in [4.78, 5) is 23.7. The number of anilines is 1. The molecule has 9 heteroatoms. The maximum absolute atomic E-state index is 12.8. The predicted octanol–water partition coefficient (Wildman–Crippen LogP) is 6.30. The summed E-state index contributed by atoms with van der Waals surface area (Å²) >= 11 is 0. The predicted molar refractivity (Wildman–Crippen MR) is 136 cm³/mol. The molecular formula is C27H26N4O5. The van der Waals surface area contributed by atoms with Crippen LogP contribution in [0.1, 0.15) is 41.4 Å². The number of non-ortho nitro benzene ring substituents is 1. The normalized spacial score (nSPS) is 10.8. The Morgan fingerprint density at radius 3 is 2.50 bits per heavy atom. The number of nitro benzene ring substituents is 1. The fourth-order valence-electron chi connectivity index (χ4n) is 3.46. The highest BCUT2D eigenvalue weighted by Crippen LogP contribution is 2.31. The van der Waals surface area contributed by atoms with E-state index in [0.29, 0.717) is 17.4 Å². The highest BCUT2D eigenvalue weighted by atomic mass is 16.6. The van der Waals surface area contributed by atoms with Crippen molar-refractivity contribution in [2.45, 2.75) is 33.4 Å². The lowest BCUT2D eigenvalue weighted by Crippen LogP contribution is -2.14. The number of rotatable bonds is 9. The number of amides is 1. The van der Waals surface area contributed by atoms with Crippen LogP contribution >= 0.6 is 0 Å². The molecule has 0 saturated heterocycles. The van der Waals surface area contributed by atoms with Gasteiger partial charge in [0.25, 0.3) is 11.6 Å². The number of benzene rings is 3. The standard InChI is InChI=1S/C27H26N4O5/c1-18(2)20-8-10-23(11-9-20)35-17-30-13-12-25(29-30)27(32)28-21-14-22(31(33)34)16-24(15-21)36-26-7-5-4-6-19(26)3/h4-16,18H,17H2,1-3H3,(H,28,32). The largest absolute Gasteiger partial charge is 0.471 e. The van der Waals surface area contributed by atoms with Gasteiger partial charge in [-0.2, -0.15) is 5.10 Å². The molecule has 0 saturated carbocycles. The third-order valence-electron chi connectivity index (χ3n) is 5.46. The van der Waals surface area contributed by atoms with E-state index in [9.17, 15) is 14.9 Å². The zero-order valence-corrected chi connectivity index (χ0v) is 20.2. The minimum atomic E-state index is -0.542. The van der Waals surface area contributed by atoms with Crippen molar-refractivity contribution in [1.82, 2.24) is 9.78 Å². The van der Waals surface area contributed by atoms with Crippen molar-refractivity contribution in [3.63, 3.8) is 0 Å². The fourth-order valence-corrected chi connectivity index (χ4v) is 3.46. The van der Waals surface area contributed by atoms with Crippen LogP contribution in [0.15, 0.2) is 79.0 Å². The molecule has 0 radical (unpaired) electrons. The number of carbonyl (C=O) groups excluding carboxylic acids is 1. The number of hydrogen-bond donors (Lipinski definition) is 1. The van der Waals surface area contributed by atoms with E-state index in [1.807, 2.05) is 49.4 Å². The molecule has 3 aromatic carbocycles. The average molecular weight is 487 g/mol. The number of aryl methyl sites for hydroxylation is 1. The molecule has 0 aliphatic carbocycles. The van der Waals surface area contributed by atoms with Gasteiger partial charge >= 0.3 is 0 Å². The van der Waals surface area contributed by atoms with Crippen LogP contribution < -0.4 is 14.8 Å². The Morgan fingerprint density at radius 1 is 1.06 bits per heavy atom. The minimum Gasteiger partial charge on any atom is -0.471 e. The van der Waals surface area contributed by atoms with Crippen molar-refractivity contribution in [2.75, 3.05) is 5.32 Å². The molecule has 1 heterocycles. The first-order valence-corrected chi connectivity index (χ1v) is 11.4. The molecule has 4 rings (SSSR count). The van der Waals surface area contributed by atoms with Crippen LogP contribution in [0.4, 0.5) is 11.4 Å². The lowest BCUT2D eigenvalue weighted by Gasteiger charge is -2.10. The van der Waals surface area contributed by atoms with Crippen LogP contribution in [0.2, 0.25) is 0 Å². The van der Waals surface area contributed by atoms with Crippen LogP contribution in [-0.2, 0) is 6.73 Å². The van der Waals surface area contributed by atoms with Crippen LogP contribution in [0, 0.1) is 17.0 Å². The van der Waals surface area contributed by atoms with E-state index in [0.717, 1.165) is 5.56 Å². The third kappa shape index (κ3) is 6.06. The molecule has 0 atom stereocenters. The van der Waals surface area contributed by atoms with Crippen molar-refractivity contribution in [1.29, 1.82) is 0 Å². The summed E-state index contributed by atoms with van der Waals surface area (Å²) in [7, 11) is 0. The zero-order chi connectivity index (χ0) is 25.7. The molecule has 0 aliphatic heterocycles. The first-order chi connectivity index (χ1) is 17.3. The molecule has 1 N–H and O–H groups in total. The first kappa shape index (κ1) is 24.5. The van der Waals surface area contributed by atoms with E-state index in [2.05, 4.69) is 24.3 Å². The summed E-state index contributed by atoms with van der Waals surface area (Å²) in [5.41, 5.74) is 2.24. The van der Waals surface area contributed by atoms with Crippen LogP contribution in [-0.4, -0.2) is 20.6 Å². The lowest BCUT2D eigenvalue weighted by molar-refractivity contribution is -0.384. The van der Waals surface area contributed by atoms with Crippen LogP contribution in [0.25, 0.3) is 0 Å². The molecule has 9 nitrogen and oxygen atoms in total. The summed E-state index contributed by atoms with van der Waals surface area (Å²) in [6, 6.07) is 20.8. The Kier molecular flexibility index (Phi) is 7.29. The van der Waals surface area contributed by atoms with Crippen molar-refractivity contribution >= 4 is 17.3 Å². The van der Waals surface area contributed by atoms with E-state index in [1.54, 1.807) is 18.3 Å². The Hall–Kier alpha value is -4.66. The number of para-hydroxylation sites is 1. The van der Waals surface area contributed by atoms with Crippen molar-refractivity contribution in [3.05, 3.63) is 106 Å². The van der Waals surface area contributed by atoms with Gasteiger partial charge in [-0.15, -0.1) is 0 Å². The number of nitrogens with zero attached hydrogens (tertiary/aromatic N) is 3.